The number of para-hydroxylation sites is 2. The summed E-state index contributed by atoms with van der Waals surface area (Å²) in [6.45, 7) is 4.53. The first-order valence-corrected chi connectivity index (χ1v) is 11.2. The fraction of sp³-hybridized carbons (Fsp3) is 0.400. The molecule has 0 radical (unpaired) electrons. The molecule has 1 N–H and O–H groups in total. The lowest BCUT2D eigenvalue weighted by Gasteiger charge is -2.27. The molecule has 0 spiro atoms. The van der Waals surface area contributed by atoms with Crippen LogP contribution in [-0.4, -0.2) is 48.4 Å². The normalized spacial score (nSPS) is 19.0. The largest absolute Gasteiger partial charge is 0.452 e. The van der Waals surface area contributed by atoms with E-state index in [4.69, 9.17) is 4.74 Å². The van der Waals surface area contributed by atoms with Crippen LogP contribution in [0.4, 0.5) is 11.4 Å². The molecule has 7 nitrogen and oxygen atoms in total. The van der Waals surface area contributed by atoms with Crippen LogP contribution in [0, 0.1) is 0 Å². The minimum absolute atomic E-state index is 0.151. The van der Waals surface area contributed by atoms with E-state index >= 15 is 0 Å². The van der Waals surface area contributed by atoms with E-state index in [1.807, 2.05) is 19.1 Å². The summed E-state index contributed by atoms with van der Waals surface area (Å²) in [4.78, 5) is 41.5. The summed E-state index contributed by atoms with van der Waals surface area (Å²) in [5.41, 5.74) is 2.76. The van der Waals surface area contributed by atoms with E-state index in [1.54, 1.807) is 36.4 Å². The molecule has 168 valence electrons. The van der Waals surface area contributed by atoms with E-state index < -0.39 is 5.97 Å². The molecule has 4 rings (SSSR count). The Morgan fingerprint density at radius 1 is 1.03 bits per heavy atom. The van der Waals surface area contributed by atoms with Gasteiger partial charge < -0.3 is 15.0 Å². The maximum Gasteiger partial charge on any atom is 0.338 e. The predicted octanol–water partition coefficient (Wildman–Crippen LogP) is 3.59. The molecule has 0 bridgehead atoms. The van der Waals surface area contributed by atoms with Crippen molar-refractivity contribution in [3.05, 3.63) is 59.7 Å². The van der Waals surface area contributed by atoms with E-state index in [1.165, 1.54) is 24.2 Å². The number of fused-ring (bicyclic) bond motifs is 1. The van der Waals surface area contributed by atoms with Crippen molar-refractivity contribution in [1.29, 1.82) is 0 Å². The zero-order chi connectivity index (χ0) is 22.5. The van der Waals surface area contributed by atoms with Gasteiger partial charge >= 0.3 is 5.97 Å². The second-order valence-electron chi connectivity index (χ2n) is 8.49. The van der Waals surface area contributed by atoms with Gasteiger partial charge in [0.2, 0.25) is 5.91 Å². The number of piperidine rings is 1. The molecule has 2 aromatic carbocycles. The Kier molecular flexibility index (Phi) is 6.85. The molecule has 1 atom stereocenters. The van der Waals surface area contributed by atoms with Gasteiger partial charge in [0.25, 0.3) is 5.91 Å². The van der Waals surface area contributed by atoms with Crippen LogP contribution in [0.1, 0.15) is 48.5 Å². The topological polar surface area (TPSA) is 79.0 Å². The van der Waals surface area contributed by atoms with Gasteiger partial charge in [-0.15, -0.1) is 0 Å². The highest BCUT2D eigenvalue weighted by Gasteiger charge is 2.30. The molecule has 2 aromatic rings. The first-order valence-electron chi connectivity index (χ1n) is 11.2. The van der Waals surface area contributed by atoms with Crippen molar-refractivity contribution >= 4 is 29.2 Å². The van der Waals surface area contributed by atoms with Crippen LogP contribution in [0.15, 0.2) is 48.5 Å². The van der Waals surface area contributed by atoms with Crippen LogP contribution in [-0.2, 0) is 20.9 Å². The Labute approximate surface area is 188 Å². The number of carbonyl (C=O) groups is 3. The van der Waals surface area contributed by atoms with Gasteiger partial charge in [0, 0.05) is 19.0 Å². The SMILES string of the molecule is C[C@H]1CC(=O)Nc2ccccc2N1C(=O)COC(=O)c1ccc(CN2CCCCC2)cc1. The average Bonchev–Trinajstić information content (AvgIpc) is 2.92. The van der Waals surface area contributed by atoms with Gasteiger partial charge in [-0.2, -0.15) is 0 Å². The number of rotatable bonds is 5. The number of esters is 1. The minimum atomic E-state index is -0.534. The highest BCUT2D eigenvalue weighted by molar-refractivity contribution is 6.05. The summed E-state index contributed by atoms with van der Waals surface area (Å²) < 4.78 is 5.32. The summed E-state index contributed by atoms with van der Waals surface area (Å²) in [5, 5.41) is 2.82. The van der Waals surface area contributed by atoms with Crippen molar-refractivity contribution in [2.45, 2.75) is 45.2 Å². The fourth-order valence-corrected chi connectivity index (χ4v) is 4.37. The van der Waals surface area contributed by atoms with Crippen molar-refractivity contribution < 1.29 is 19.1 Å². The zero-order valence-electron chi connectivity index (χ0n) is 18.4. The standard InChI is InChI=1S/C25H29N3O4/c1-18-15-23(29)26-21-7-3-4-8-22(21)28(18)24(30)17-32-25(31)20-11-9-19(10-12-20)16-27-13-5-2-6-14-27/h3-4,7-12,18H,2,5-6,13-17H2,1H3,(H,26,29)/t18-/m0/s1. The van der Waals surface area contributed by atoms with E-state index in [0.29, 0.717) is 16.9 Å². The van der Waals surface area contributed by atoms with Crippen molar-refractivity contribution in [3.63, 3.8) is 0 Å². The number of hydrogen-bond acceptors (Lipinski definition) is 5. The average molecular weight is 436 g/mol. The molecule has 2 amide bonds. The van der Waals surface area contributed by atoms with Crippen LogP contribution in [0.5, 0.6) is 0 Å². The van der Waals surface area contributed by atoms with Crippen LogP contribution >= 0.6 is 0 Å². The number of ether oxygens (including phenoxy) is 1. The van der Waals surface area contributed by atoms with Crippen LogP contribution < -0.4 is 10.2 Å². The molecule has 2 heterocycles. The summed E-state index contributed by atoms with van der Waals surface area (Å²) in [7, 11) is 0. The lowest BCUT2D eigenvalue weighted by atomic mass is 10.1. The second-order valence-corrected chi connectivity index (χ2v) is 8.49. The monoisotopic (exact) mass is 435 g/mol. The maximum absolute atomic E-state index is 12.9. The van der Waals surface area contributed by atoms with Crippen molar-refractivity contribution in [1.82, 2.24) is 4.90 Å². The molecule has 0 aliphatic carbocycles. The smallest absolute Gasteiger partial charge is 0.338 e. The second kappa shape index (κ2) is 9.96. The minimum Gasteiger partial charge on any atom is -0.452 e. The van der Waals surface area contributed by atoms with Gasteiger partial charge in [0.15, 0.2) is 6.61 Å². The maximum atomic E-state index is 12.9. The fourth-order valence-electron chi connectivity index (χ4n) is 4.37. The Balaban J connectivity index is 1.37. The quantitative estimate of drug-likeness (QED) is 0.726. The molecule has 1 fully saturated rings. The van der Waals surface area contributed by atoms with E-state index in [2.05, 4.69) is 10.2 Å². The van der Waals surface area contributed by atoms with Crippen molar-refractivity contribution in [3.8, 4) is 0 Å². The molecule has 2 aliphatic heterocycles. The number of likely N-dealkylation sites (tertiary alicyclic amines) is 1. The molecule has 32 heavy (non-hydrogen) atoms. The third-order valence-electron chi connectivity index (χ3n) is 6.00. The number of nitrogens with one attached hydrogen (secondary N) is 1. The Bertz CT molecular complexity index is 983. The first kappa shape index (κ1) is 22.0. The van der Waals surface area contributed by atoms with Gasteiger partial charge in [-0.3, -0.25) is 14.5 Å². The van der Waals surface area contributed by atoms with Crippen molar-refractivity contribution in [2.75, 3.05) is 29.9 Å². The van der Waals surface area contributed by atoms with Crippen molar-refractivity contribution in [2.24, 2.45) is 0 Å². The van der Waals surface area contributed by atoms with Crippen LogP contribution in [0.3, 0.4) is 0 Å². The molecular weight excluding hydrogens is 406 g/mol. The highest BCUT2D eigenvalue weighted by Crippen LogP contribution is 2.31. The first-order chi connectivity index (χ1) is 15.5. The van der Waals surface area contributed by atoms with E-state index in [9.17, 15) is 14.4 Å². The van der Waals surface area contributed by atoms with E-state index in [0.717, 1.165) is 25.2 Å². The Hall–Kier alpha value is -3.19. The molecule has 0 saturated carbocycles. The number of anilines is 2. The van der Waals surface area contributed by atoms with Gasteiger partial charge in [0.1, 0.15) is 0 Å². The number of hydrogen-bond donors (Lipinski definition) is 1. The van der Waals surface area contributed by atoms with E-state index in [-0.39, 0.29) is 30.9 Å². The molecule has 1 saturated heterocycles. The Morgan fingerprint density at radius 2 is 1.75 bits per heavy atom. The van der Waals surface area contributed by atoms with Gasteiger partial charge in [-0.05, 0) is 62.7 Å². The summed E-state index contributed by atoms with van der Waals surface area (Å²) >= 11 is 0. The highest BCUT2D eigenvalue weighted by atomic mass is 16.5. The molecule has 2 aliphatic rings. The third kappa shape index (κ3) is 5.16. The number of amides is 2. The summed E-state index contributed by atoms with van der Waals surface area (Å²) in [6.07, 6.45) is 3.95. The molecule has 0 aromatic heterocycles. The van der Waals surface area contributed by atoms with Gasteiger partial charge in [0.05, 0.1) is 16.9 Å². The van der Waals surface area contributed by atoms with Crippen LogP contribution in [0.2, 0.25) is 0 Å². The third-order valence-corrected chi connectivity index (χ3v) is 6.00. The molecule has 0 unspecified atom stereocenters. The van der Waals surface area contributed by atoms with Gasteiger partial charge in [-0.25, -0.2) is 4.79 Å². The summed E-state index contributed by atoms with van der Waals surface area (Å²) in [6, 6.07) is 14.2. The predicted molar refractivity (Wildman–Crippen MR) is 122 cm³/mol. The number of carbonyl (C=O) groups excluding carboxylic acids is 3. The molecular formula is C25H29N3O4. The number of nitrogens with zero attached hydrogens (tertiary/aromatic N) is 2. The lowest BCUT2D eigenvalue weighted by molar-refractivity contribution is -0.122. The number of benzene rings is 2. The van der Waals surface area contributed by atoms with Crippen LogP contribution in [0.25, 0.3) is 0 Å². The lowest BCUT2D eigenvalue weighted by Crippen LogP contribution is -2.41. The molecule has 7 heteroatoms. The van der Waals surface area contributed by atoms with Gasteiger partial charge in [-0.1, -0.05) is 30.7 Å². The Morgan fingerprint density at radius 3 is 2.50 bits per heavy atom. The zero-order valence-corrected chi connectivity index (χ0v) is 18.4. The summed E-state index contributed by atoms with van der Waals surface area (Å²) in [5.74, 6) is -1.05.